The maximum absolute atomic E-state index is 12.6. The molecule has 19 heavy (non-hydrogen) atoms. The molecule has 0 bridgehead atoms. The third-order valence-electron chi connectivity index (χ3n) is 3.83. The van der Waals surface area contributed by atoms with Crippen LogP contribution in [0.15, 0.2) is 0 Å². The molecule has 2 aliphatic rings. The second-order valence-corrected chi connectivity index (χ2v) is 7.40. The molecule has 2 unspecified atom stereocenters. The molecular formula is C12H25N3O3S. The van der Waals surface area contributed by atoms with Crippen molar-refractivity contribution in [3.8, 4) is 0 Å². The van der Waals surface area contributed by atoms with E-state index in [9.17, 15) is 8.42 Å². The van der Waals surface area contributed by atoms with Gasteiger partial charge in [0.1, 0.15) is 0 Å². The molecule has 112 valence electrons. The number of nitrogens with zero attached hydrogens (tertiary/aromatic N) is 2. The molecule has 2 heterocycles. The predicted molar refractivity (Wildman–Crippen MR) is 74.1 cm³/mol. The summed E-state index contributed by atoms with van der Waals surface area (Å²) in [7, 11) is -1.40. The number of hydrogen-bond donors (Lipinski definition) is 1. The third kappa shape index (κ3) is 3.66. The number of rotatable bonds is 4. The van der Waals surface area contributed by atoms with Crippen molar-refractivity contribution in [3.05, 3.63) is 0 Å². The molecule has 2 fully saturated rings. The summed E-state index contributed by atoms with van der Waals surface area (Å²) in [6.07, 6.45) is 2.04. The van der Waals surface area contributed by atoms with Crippen LogP contribution in [0.2, 0.25) is 0 Å². The maximum atomic E-state index is 12.6. The van der Waals surface area contributed by atoms with Gasteiger partial charge in [0.05, 0.1) is 12.7 Å². The highest BCUT2D eigenvalue weighted by atomic mass is 32.2. The second kappa shape index (κ2) is 6.49. The molecule has 2 atom stereocenters. The van der Waals surface area contributed by atoms with Crippen molar-refractivity contribution in [3.63, 3.8) is 0 Å². The Balaban J connectivity index is 2.02. The molecule has 0 aromatic carbocycles. The highest BCUT2D eigenvalue weighted by Gasteiger charge is 2.35. The largest absolute Gasteiger partial charge is 0.376 e. The Morgan fingerprint density at radius 2 is 2.00 bits per heavy atom. The first kappa shape index (κ1) is 15.2. The van der Waals surface area contributed by atoms with E-state index in [1.807, 2.05) is 14.0 Å². The first-order valence-electron chi connectivity index (χ1n) is 7.05. The van der Waals surface area contributed by atoms with Gasteiger partial charge in [-0.2, -0.15) is 17.0 Å². The average Bonchev–Trinajstić information content (AvgIpc) is 2.39. The van der Waals surface area contributed by atoms with E-state index in [1.165, 1.54) is 0 Å². The number of piperidine rings is 1. The second-order valence-electron chi connectivity index (χ2n) is 5.47. The molecule has 0 aromatic rings. The Morgan fingerprint density at radius 1 is 1.26 bits per heavy atom. The van der Waals surface area contributed by atoms with Gasteiger partial charge >= 0.3 is 0 Å². The topological polar surface area (TPSA) is 61.9 Å². The van der Waals surface area contributed by atoms with Crippen LogP contribution in [0.25, 0.3) is 0 Å². The van der Waals surface area contributed by atoms with Crippen LogP contribution < -0.4 is 5.32 Å². The van der Waals surface area contributed by atoms with Gasteiger partial charge in [0.2, 0.25) is 0 Å². The lowest BCUT2D eigenvalue weighted by atomic mass is 10.00. The Hall–Kier alpha value is -0.210. The monoisotopic (exact) mass is 291 g/mol. The lowest BCUT2D eigenvalue weighted by Gasteiger charge is -2.38. The molecule has 0 saturated carbocycles. The van der Waals surface area contributed by atoms with Crippen LogP contribution in [-0.4, -0.2) is 69.5 Å². The number of nitrogens with one attached hydrogen (secondary N) is 1. The lowest BCUT2D eigenvalue weighted by molar-refractivity contribution is 0.00779. The normalized spacial score (nSPS) is 31.5. The standard InChI is InChI=1S/C12H25N3O3S/c1-11-9-15(6-7-18-11)19(16,17)14-5-3-4-12(10-14)8-13-2/h11-13H,3-10H2,1-2H3. The molecule has 2 aliphatic heterocycles. The molecule has 0 amide bonds. The van der Waals surface area contributed by atoms with Crippen LogP contribution in [0.1, 0.15) is 19.8 Å². The van der Waals surface area contributed by atoms with E-state index in [2.05, 4.69) is 5.32 Å². The van der Waals surface area contributed by atoms with Crippen molar-refractivity contribution >= 4 is 10.2 Å². The minimum absolute atomic E-state index is 0.0126. The van der Waals surface area contributed by atoms with Crippen molar-refractivity contribution in [1.29, 1.82) is 0 Å². The summed E-state index contributed by atoms with van der Waals surface area (Å²) in [5.41, 5.74) is 0. The molecule has 6 nitrogen and oxygen atoms in total. The van der Waals surface area contributed by atoms with Crippen molar-refractivity contribution in [1.82, 2.24) is 13.9 Å². The van der Waals surface area contributed by atoms with Gasteiger partial charge in [0.15, 0.2) is 0 Å². The zero-order valence-corrected chi connectivity index (χ0v) is 12.7. The Kier molecular flexibility index (Phi) is 5.19. The summed E-state index contributed by atoms with van der Waals surface area (Å²) < 4.78 is 33.9. The third-order valence-corrected chi connectivity index (χ3v) is 5.80. The average molecular weight is 291 g/mol. The van der Waals surface area contributed by atoms with E-state index in [-0.39, 0.29) is 6.10 Å². The zero-order valence-electron chi connectivity index (χ0n) is 11.8. The lowest BCUT2D eigenvalue weighted by Crippen LogP contribution is -2.53. The van der Waals surface area contributed by atoms with E-state index in [1.54, 1.807) is 8.61 Å². The number of morpholine rings is 1. The van der Waals surface area contributed by atoms with Gasteiger partial charge in [-0.25, -0.2) is 0 Å². The van der Waals surface area contributed by atoms with Gasteiger partial charge in [0.25, 0.3) is 10.2 Å². The van der Waals surface area contributed by atoms with Crippen LogP contribution >= 0.6 is 0 Å². The van der Waals surface area contributed by atoms with Gasteiger partial charge in [-0.15, -0.1) is 0 Å². The summed E-state index contributed by atoms with van der Waals surface area (Å²) in [5.74, 6) is 0.423. The molecule has 2 rings (SSSR count). The molecule has 7 heteroatoms. The summed E-state index contributed by atoms with van der Waals surface area (Å²) in [5, 5.41) is 3.14. The van der Waals surface area contributed by atoms with Gasteiger partial charge in [-0.05, 0) is 39.3 Å². The van der Waals surface area contributed by atoms with Crippen LogP contribution in [0.4, 0.5) is 0 Å². The Morgan fingerprint density at radius 3 is 2.68 bits per heavy atom. The minimum atomic E-state index is -3.31. The minimum Gasteiger partial charge on any atom is -0.376 e. The van der Waals surface area contributed by atoms with E-state index in [4.69, 9.17) is 4.74 Å². The molecule has 0 aromatic heterocycles. The van der Waals surface area contributed by atoms with E-state index in [0.717, 1.165) is 19.4 Å². The highest BCUT2D eigenvalue weighted by molar-refractivity contribution is 7.86. The molecule has 2 saturated heterocycles. The van der Waals surface area contributed by atoms with Crippen molar-refractivity contribution in [2.75, 3.05) is 46.4 Å². The molecule has 1 N–H and O–H groups in total. The van der Waals surface area contributed by atoms with Gasteiger partial charge < -0.3 is 10.1 Å². The van der Waals surface area contributed by atoms with E-state index in [0.29, 0.717) is 38.7 Å². The summed E-state index contributed by atoms with van der Waals surface area (Å²) >= 11 is 0. The molecular weight excluding hydrogens is 266 g/mol. The molecule has 0 radical (unpaired) electrons. The SMILES string of the molecule is CNCC1CCCN(S(=O)(=O)N2CCOC(C)C2)C1. The smallest absolute Gasteiger partial charge is 0.282 e. The van der Waals surface area contributed by atoms with Crippen molar-refractivity contribution in [2.45, 2.75) is 25.9 Å². The fourth-order valence-corrected chi connectivity index (χ4v) is 4.64. The maximum Gasteiger partial charge on any atom is 0.282 e. The number of ether oxygens (including phenoxy) is 1. The van der Waals surface area contributed by atoms with Crippen molar-refractivity contribution in [2.24, 2.45) is 5.92 Å². The first-order chi connectivity index (χ1) is 9.04. The van der Waals surface area contributed by atoms with E-state index >= 15 is 0 Å². The summed E-state index contributed by atoms with van der Waals surface area (Å²) in [6.45, 7) is 5.51. The summed E-state index contributed by atoms with van der Waals surface area (Å²) in [6, 6.07) is 0. The fraction of sp³-hybridized carbons (Fsp3) is 1.00. The Bertz CT molecular complexity index is 386. The van der Waals surface area contributed by atoms with E-state index < -0.39 is 10.2 Å². The number of hydrogen-bond acceptors (Lipinski definition) is 4. The Labute approximate surface area is 116 Å². The molecule has 0 aliphatic carbocycles. The van der Waals surface area contributed by atoms with Crippen LogP contribution in [0, 0.1) is 5.92 Å². The van der Waals surface area contributed by atoms with Gasteiger partial charge in [0, 0.05) is 26.2 Å². The van der Waals surface area contributed by atoms with Crippen LogP contribution in [0.5, 0.6) is 0 Å². The fourth-order valence-electron chi connectivity index (χ4n) is 2.85. The van der Waals surface area contributed by atoms with Crippen LogP contribution in [0.3, 0.4) is 0 Å². The zero-order chi connectivity index (χ0) is 13.9. The quantitative estimate of drug-likeness (QED) is 0.785. The highest BCUT2D eigenvalue weighted by Crippen LogP contribution is 2.22. The van der Waals surface area contributed by atoms with Crippen LogP contribution in [-0.2, 0) is 14.9 Å². The summed E-state index contributed by atoms with van der Waals surface area (Å²) in [4.78, 5) is 0. The van der Waals surface area contributed by atoms with Gasteiger partial charge in [-0.3, -0.25) is 0 Å². The van der Waals surface area contributed by atoms with Gasteiger partial charge in [-0.1, -0.05) is 0 Å². The first-order valence-corrected chi connectivity index (χ1v) is 8.45. The van der Waals surface area contributed by atoms with Crippen molar-refractivity contribution < 1.29 is 13.2 Å². The molecule has 0 spiro atoms. The predicted octanol–water partition coefficient (Wildman–Crippen LogP) is -0.117.